The average molecular weight is 522 g/mol. The van der Waals surface area contributed by atoms with Crippen LogP contribution in [0.1, 0.15) is 63.4 Å². The maximum Gasteiger partial charge on any atom is 0.332 e. The van der Waals surface area contributed by atoms with Gasteiger partial charge in [-0.15, -0.1) is 0 Å². The lowest BCUT2D eigenvalue weighted by atomic mass is 9.50. The number of hydrogen-bond acceptors (Lipinski definition) is 7. The summed E-state index contributed by atoms with van der Waals surface area (Å²) in [5.74, 6) is -0.408. The lowest BCUT2D eigenvalue weighted by molar-refractivity contribution is -0.166. The molecule has 0 amide bonds. The van der Waals surface area contributed by atoms with Crippen LogP contribution in [0.25, 0.3) is 0 Å². The lowest BCUT2D eigenvalue weighted by Crippen LogP contribution is -2.56. The van der Waals surface area contributed by atoms with E-state index in [-0.39, 0.29) is 30.1 Å². The number of hydrogen-bond donors (Lipinski definition) is 1. The zero-order valence-electron chi connectivity index (χ0n) is 22.9. The van der Waals surface area contributed by atoms with E-state index in [1.807, 2.05) is 20.2 Å². The fourth-order valence-electron chi connectivity index (χ4n) is 7.85. The molecule has 0 saturated heterocycles. The number of ketones is 2. The molecule has 0 aromatic heterocycles. The van der Waals surface area contributed by atoms with Crippen LogP contribution in [-0.2, 0) is 23.9 Å². The van der Waals surface area contributed by atoms with Crippen LogP contribution in [0.5, 0.6) is 0 Å². The van der Waals surface area contributed by atoms with E-state index in [9.17, 15) is 19.5 Å². The number of allylic oxidation sites excluding steroid dienone is 4. The molecule has 0 heterocycles. The standard InChI is InChI=1S/C31H39NO6/c1-30-16-25(19-5-8-21(9-6-19)32(2)3)29-23-12-10-22(33)15-20(23)7-11-24(29)26(30)13-14-31(30,36)27(34)17-38-28(35)18-37-4/h5-6,8-9,15,24-26,36H,7,10-14,16-18H2,1-4H3/t24-,25+,26-,30-,31-/m0/s1. The molecule has 4 aliphatic rings. The van der Waals surface area contributed by atoms with Gasteiger partial charge in [0.2, 0.25) is 5.78 Å². The summed E-state index contributed by atoms with van der Waals surface area (Å²) in [4.78, 5) is 39.7. The lowest BCUT2D eigenvalue weighted by Gasteiger charge is -2.54. The predicted octanol–water partition coefficient (Wildman–Crippen LogP) is 4.14. The third-order valence-electron chi connectivity index (χ3n) is 9.79. The predicted molar refractivity (Wildman–Crippen MR) is 144 cm³/mol. The number of aliphatic hydroxyl groups is 1. The summed E-state index contributed by atoms with van der Waals surface area (Å²) in [6.45, 7) is 1.39. The van der Waals surface area contributed by atoms with Crippen molar-refractivity contribution in [3.05, 3.63) is 52.6 Å². The minimum absolute atomic E-state index is 0.0397. The molecule has 2 saturated carbocycles. The van der Waals surface area contributed by atoms with Crippen LogP contribution in [0.2, 0.25) is 0 Å². The monoisotopic (exact) mass is 521 g/mol. The minimum atomic E-state index is -1.57. The highest BCUT2D eigenvalue weighted by Crippen LogP contribution is 2.66. The van der Waals surface area contributed by atoms with E-state index in [1.54, 1.807) is 0 Å². The Hall–Kier alpha value is -2.77. The van der Waals surface area contributed by atoms with Crippen molar-refractivity contribution in [3.8, 4) is 0 Å². The summed E-state index contributed by atoms with van der Waals surface area (Å²) >= 11 is 0. The largest absolute Gasteiger partial charge is 0.456 e. The summed E-state index contributed by atoms with van der Waals surface area (Å²) < 4.78 is 9.96. The van der Waals surface area contributed by atoms with Crippen LogP contribution in [0.15, 0.2) is 47.1 Å². The highest BCUT2D eigenvalue weighted by molar-refractivity contribution is 5.93. The van der Waals surface area contributed by atoms with Gasteiger partial charge in [-0.05, 0) is 85.3 Å². The van der Waals surface area contributed by atoms with Crippen molar-refractivity contribution >= 4 is 23.2 Å². The molecule has 2 fully saturated rings. The van der Waals surface area contributed by atoms with Crippen LogP contribution in [0.4, 0.5) is 5.69 Å². The second-order valence-corrected chi connectivity index (χ2v) is 11.9. The number of fused-ring (bicyclic) bond motifs is 4. The number of Topliss-reactive ketones (excluding diaryl/α,β-unsaturated/α-hetero) is 1. The number of esters is 1. The highest BCUT2D eigenvalue weighted by Gasteiger charge is 2.65. The number of nitrogens with zero attached hydrogens (tertiary/aromatic N) is 1. The molecule has 0 aliphatic heterocycles. The summed E-state index contributed by atoms with van der Waals surface area (Å²) in [6, 6.07) is 8.58. The quantitative estimate of drug-likeness (QED) is 0.539. The molecular formula is C31H39NO6. The van der Waals surface area contributed by atoms with Gasteiger partial charge in [-0.25, -0.2) is 4.79 Å². The molecule has 0 radical (unpaired) electrons. The smallest absolute Gasteiger partial charge is 0.332 e. The van der Waals surface area contributed by atoms with E-state index in [0.29, 0.717) is 19.3 Å². The van der Waals surface area contributed by atoms with E-state index in [1.165, 1.54) is 29.4 Å². The molecule has 7 nitrogen and oxygen atoms in total. The topological polar surface area (TPSA) is 93.1 Å². The first-order valence-electron chi connectivity index (χ1n) is 13.7. The zero-order chi connectivity index (χ0) is 27.2. The van der Waals surface area contributed by atoms with Crippen molar-refractivity contribution in [1.82, 2.24) is 0 Å². The van der Waals surface area contributed by atoms with Gasteiger partial charge in [-0.3, -0.25) is 9.59 Å². The SMILES string of the molecule is COCC(=O)OCC(=O)[C@@]1(O)CC[C@H]2[C@@H]3CCC4=CC(=O)CCC4=C3[C@@H](c3ccc(N(C)C)cc3)C[C@@]21C. The van der Waals surface area contributed by atoms with Crippen molar-refractivity contribution in [2.75, 3.05) is 39.3 Å². The van der Waals surface area contributed by atoms with Gasteiger partial charge in [0.15, 0.2) is 12.4 Å². The first kappa shape index (κ1) is 26.8. The van der Waals surface area contributed by atoms with Gasteiger partial charge in [0.1, 0.15) is 12.2 Å². The van der Waals surface area contributed by atoms with E-state index < -0.39 is 29.4 Å². The molecule has 1 aromatic carbocycles. The molecule has 0 bridgehead atoms. The maximum absolute atomic E-state index is 13.5. The van der Waals surface area contributed by atoms with Gasteiger partial charge < -0.3 is 19.5 Å². The van der Waals surface area contributed by atoms with E-state index in [0.717, 1.165) is 31.4 Å². The Labute approximate surface area is 224 Å². The highest BCUT2D eigenvalue weighted by atomic mass is 16.6. The molecule has 5 rings (SSSR count). The van der Waals surface area contributed by atoms with Gasteiger partial charge in [0, 0.05) is 44.6 Å². The number of anilines is 1. The van der Waals surface area contributed by atoms with Crippen LogP contribution in [0.3, 0.4) is 0 Å². The number of carbonyl (C=O) groups is 3. The molecule has 5 atom stereocenters. The second-order valence-electron chi connectivity index (χ2n) is 11.9. The molecule has 1 N–H and O–H groups in total. The number of methoxy groups -OCH3 is 1. The van der Waals surface area contributed by atoms with E-state index in [2.05, 4.69) is 36.1 Å². The first-order valence-corrected chi connectivity index (χ1v) is 13.7. The van der Waals surface area contributed by atoms with Crippen LogP contribution in [-0.4, -0.2) is 62.7 Å². The molecule has 1 aromatic rings. The van der Waals surface area contributed by atoms with Crippen molar-refractivity contribution in [1.29, 1.82) is 0 Å². The van der Waals surface area contributed by atoms with Crippen LogP contribution >= 0.6 is 0 Å². The Morgan fingerprint density at radius 1 is 1.08 bits per heavy atom. The number of benzene rings is 1. The molecule has 38 heavy (non-hydrogen) atoms. The van der Waals surface area contributed by atoms with Crippen molar-refractivity contribution < 1.29 is 29.0 Å². The Morgan fingerprint density at radius 3 is 2.50 bits per heavy atom. The van der Waals surface area contributed by atoms with Gasteiger partial charge in [-0.1, -0.05) is 24.6 Å². The summed E-state index contributed by atoms with van der Waals surface area (Å²) in [7, 11) is 5.43. The van der Waals surface area contributed by atoms with Crippen molar-refractivity contribution in [2.45, 2.75) is 63.4 Å². The average Bonchev–Trinajstić information content (AvgIpc) is 3.18. The number of ether oxygens (including phenoxy) is 2. The molecule has 4 aliphatic carbocycles. The summed E-state index contributed by atoms with van der Waals surface area (Å²) in [5, 5.41) is 12.0. The first-order chi connectivity index (χ1) is 18.1. The molecule has 0 spiro atoms. The summed E-state index contributed by atoms with van der Waals surface area (Å²) in [6.07, 6.45) is 6.67. The molecule has 204 valence electrons. The zero-order valence-corrected chi connectivity index (χ0v) is 22.9. The van der Waals surface area contributed by atoms with E-state index in [4.69, 9.17) is 9.47 Å². The normalized spacial score (nSPS) is 32.2. The van der Waals surface area contributed by atoms with Gasteiger partial charge in [0.05, 0.1) is 0 Å². The fraction of sp³-hybridized carbons (Fsp3) is 0.581. The summed E-state index contributed by atoms with van der Waals surface area (Å²) in [5.41, 5.74) is 3.98. The Kier molecular flexibility index (Phi) is 7.12. The van der Waals surface area contributed by atoms with Gasteiger partial charge >= 0.3 is 5.97 Å². The maximum atomic E-state index is 13.5. The molecule has 0 unspecified atom stereocenters. The Balaban J connectivity index is 1.55. The minimum Gasteiger partial charge on any atom is -0.456 e. The third kappa shape index (κ3) is 4.34. The van der Waals surface area contributed by atoms with E-state index >= 15 is 0 Å². The molecular weight excluding hydrogens is 482 g/mol. The van der Waals surface area contributed by atoms with Gasteiger partial charge in [-0.2, -0.15) is 0 Å². The van der Waals surface area contributed by atoms with Crippen LogP contribution < -0.4 is 4.90 Å². The second kappa shape index (κ2) is 10.1. The fourth-order valence-corrected chi connectivity index (χ4v) is 7.85. The molecule has 7 heteroatoms. The Morgan fingerprint density at radius 2 is 1.82 bits per heavy atom. The Bertz CT molecular complexity index is 1200. The van der Waals surface area contributed by atoms with Crippen molar-refractivity contribution in [3.63, 3.8) is 0 Å². The number of rotatable bonds is 7. The van der Waals surface area contributed by atoms with Crippen molar-refractivity contribution in [2.24, 2.45) is 17.3 Å². The van der Waals surface area contributed by atoms with Gasteiger partial charge in [0.25, 0.3) is 0 Å². The van der Waals surface area contributed by atoms with Crippen LogP contribution in [0, 0.1) is 17.3 Å². The number of carbonyl (C=O) groups excluding carboxylic acids is 3. The third-order valence-corrected chi connectivity index (χ3v) is 9.79.